The highest BCUT2D eigenvalue weighted by atomic mass is 32.2. The van der Waals surface area contributed by atoms with E-state index in [0.29, 0.717) is 17.9 Å². The van der Waals surface area contributed by atoms with Gasteiger partial charge in [0.05, 0.1) is 25.4 Å². The number of methoxy groups -OCH3 is 2. The number of nitrogens with one attached hydrogen (secondary N) is 1. The van der Waals surface area contributed by atoms with Crippen molar-refractivity contribution in [3.05, 3.63) is 58.1 Å². The average molecular weight is 523 g/mol. The number of sulfonamides is 1. The van der Waals surface area contributed by atoms with Crippen LogP contribution in [0.5, 0.6) is 11.5 Å². The second kappa shape index (κ2) is 12.2. The van der Waals surface area contributed by atoms with Gasteiger partial charge in [0.1, 0.15) is 29.8 Å². The number of likely N-dealkylation sites (N-methyl/N-ethyl adjacent to an activating group) is 1. The molecule has 1 N–H and O–H groups in total. The van der Waals surface area contributed by atoms with Crippen molar-refractivity contribution in [2.75, 3.05) is 37.9 Å². The highest BCUT2D eigenvalue weighted by Crippen LogP contribution is 2.34. The van der Waals surface area contributed by atoms with Crippen LogP contribution in [0.4, 0.5) is 11.4 Å². The Kier molecular flexibility index (Phi) is 9.61. The van der Waals surface area contributed by atoms with Gasteiger partial charge in [-0.1, -0.05) is 12.1 Å². The number of carbonyl (C=O) groups is 2. The summed E-state index contributed by atoms with van der Waals surface area (Å²) in [4.78, 5) is 38.0. The third-order valence-corrected chi connectivity index (χ3v) is 6.45. The second-order valence-corrected chi connectivity index (χ2v) is 9.73. The molecule has 0 radical (unpaired) electrons. The monoisotopic (exact) mass is 522 g/mol. The second-order valence-electron chi connectivity index (χ2n) is 7.83. The Morgan fingerprint density at radius 1 is 1.14 bits per heavy atom. The molecule has 2 amide bonds. The van der Waals surface area contributed by atoms with Crippen LogP contribution in [0, 0.1) is 10.1 Å². The van der Waals surface area contributed by atoms with Gasteiger partial charge in [0.25, 0.3) is 5.69 Å². The molecule has 36 heavy (non-hydrogen) atoms. The molecule has 0 fully saturated rings. The van der Waals surface area contributed by atoms with Crippen LogP contribution in [0.25, 0.3) is 0 Å². The summed E-state index contributed by atoms with van der Waals surface area (Å²) in [7, 11) is -1.33. The van der Waals surface area contributed by atoms with Gasteiger partial charge in [0, 0.05) is 25.2 Å². The standard InChI is InChI=1S/C23H30N4O8S/c1-6-24-23(29)16(2)25(14-17-8-7-9-19(12-17)34-3)22(28)15-26(36(5,32)33)20-13-18(27(30)31)10-11-21(20)35-4/h7-13,16H,6,14-15H2,1-5H3,(H,24,29). The van der Waals surface area contributed by atoms with Crippen molar-refractivity contribution in [2.24, 2.45) is 0 Å². The van der Waals surface area contributed by atoms with Gasteiger partial charge in [-0.15, -0.1) is 0 Å². The number of non-ortho nitro benzene ring substituents is 1. The van der Waals surface area contributed by atoms with E-state index in [0.717, 1.165) is 22.7 Å². The Morgan fingerprint density at radius 3 is 2.39 bits per heavy atom. The van der Waals surface area contributed by atoms with E-state index in [4.69, 9.17) is 9.47 Å². The van der Waals surface area contributed by atoms with E-state index < -0.39 is 39.3 Å². The quantitative estimate of drug-likeness (QED) is 0.328. The van der Waals surface area contributed by atoms with Gasteiger partial charge in [-0.05, 0) is 37.6 Å². The van der Waals surface area contributed by atoms with Crippen LogP contribution in [-0.4, -0.2) is 69.7 Å². The van der Waals surface area contributed by atoms with Crippen molar-refractivity contribution in [3.63, 3.8) is 0 Å². The van der Waals surface area contributed by atoms with Crippen molar-refractivity contribution in [3.8, 4) is 11.5 Å². The fourth-order valence-electron chi connectivity index (χ4n) is 3.45. The molecular formula is C23H30N4O8S. The van der Waals surface area contributed by atoms with E-state index in [2.05, 4.69) is 5.32 Å². The summed E-state index contributed by atoms with van der Waals surface area (Å²) in [5.41, 5.74) is 0.100. The highest BCUT2D eigenvalue weighted by Gasteiger charge is 2.32. The number of nitro benzene ring substituents is 1. The van der Waals surface area contributed by atoms with Gasteiger partial charge >= 0.3 is 0 Å². The Balaban J connectivity index is 2.52. The molecule has 0 aliphatic carbocycles. The Hall–Kier alpha value is -3.87. The number of anilines is 1. The summed E-state index contributed by atoms with van der Waals surface area (Å²) >= 11 is 0. The zero-order chi connectivity index (χ0) is 27.0. The number of carbonyl (C=O) groups excluding carboxylic acids is 2. The van der Waals surface area contributed by atoms with E-state index in [9.17, 15) is 28.1 Å². The fraction of sp³-hybridized carbons (Fsp3) is 0.391. The van der Waals surface area contributed by atoms with Crippen LogP contribution < -0.4 is 19.1 Å². The summed E-state index contributed by atoms with van der Waals surface area (Å²) in [6.07, 6.45) is 0.873. The molecule has 2 aromatic rings. The Labute approximate surface area is 210 Å². The first-order chi connectivity index (χ1) is 16.9. The lowest BCUT2D eigenvalue weighted by atomic mass is 10.1. The van der Waals surface area contributed by atoms with Crippen LogP contribution in [-0.2, 0) is 26.2 Å². The summed E-state index contributed by atoms with van der Waals surface area (Å²) in [6.45, 7) is 2.87. The first-order valence-corrected chi connectivity index (χ1v) is 12.8. The molecule has 0 aromatic heterocycles. The van der Waals surface area contributed by atoms with Crippen LogP contribution in [0.3, 0.4) is 0 Å². The molecule has 196 valence electrons. The Morgan fingerprint density at radius 2 is 1.83 bits per heavy atom. The highest BCUT2D eigenvalue weighted by molar-refractivity contribution is 7.92. The van der Waals surface area contributed by atoms with Crippen molar-refractivity contribution >= 4 is 33.2 Å². The number of hydrogen-bond acceptors (Lipinski definition) is 8. The summed E-state index contributed by atoms with van der Waals surface area (Å²) in [6, 6.07) is 9.38. The molecule has 0 heterocycles. The predicted octanol–water partition coefficient (Wildman–Crippen LogP) is 1.93. The van der Waals surface area contributed by atoms with Crippen molar-refractivity contribution in [1.82, 2.24) is 10.2 Å². The number of nitrogens with zero attached hydrogens (tertiary/aromatic N) is 3. The van der Waals surface area contributed by atoms with E-state index in [-0.39, 0.29) is 23.7 Å². The van der Waals surface area contributed by atoms with Gasteiger partial charge in [0.15, 0.2) is 0 Å². The van der Waals surface area contributed by atoms with Crippen LogP contribution >= 0.6 is 0 Å². The SMILES string of the molecule is CCNC(=O)C(C)N(Cc1cccc(OC)c1)C(=O)CN(c1cc([N+](=O)[O-])ccc1OC)S(C)(=O)=O. The molecular weight excluding hydrogens is 492 g/mol. The molecule has 0 aliphatic heterocycles. The van der Waals surface area contributed by atoms with Gasteiger partial charge < -0.3 is 19.7 Å². The zero-order valence-corrected chi connectivity index (χ0v) is 21.6. The van der Waals surface area contributed by atoms with Gasteiger partial charge in [0.2, 0.25) is 21.8 Å². The zero-order valence-electron chi connectivity index (χ0n) is 20.8. The minimum atomic E-state index is -4.10. The van der Waals surface area contributed by atoms with Crippen molar-refractivity contribution in [2.45, 2.75) is 26.4 Å². The molecule has 13 heteroatoms. The molecule has 0 aliphatic rings. The molecule has 1 unspecified atom stereocenters. The smallest absolute Gasteiger partial charge is 0.271 e. The molecule has 2 rings (SSSR count). The number of nitro groups is 1. The largest absolute Gasteiger partial charge is 0.497 e. The van der Waals surface area contributed by atoms with Crippen LogP contribution in [0.2, 0.25) is 0 Å². The number of benzene rings is 2. The van der Waals surface area contributed by atoms with Crippen LogP contribution in [0.1, 0.15) is 19.4 Å². The maximum absolute atomic E-state index is 13.5. The number of amides is 2. The average Bonchev–Trinajstić information content (AvgIpc) is 2.84. The molecule has 0 spiro atoms. The molecule has 0 bridgehead atoms. The summed E-state index contributed by atoms with van der Waals surface area (Å²) in [5.74, 6) is -0.553. The first kappa shape index (κ1) is 28.4. The maximum Gasteiger partial charge on any atom is 0.271 e. The van der Waals surface area contributed by atoms with E-state index in [1.54, 1.807) is 31.2 Å². The van der Waals surface area contributed by atoms with E-state index in [1.165, 1.54) is 32.1 Å². The summed E-state index contributed by atoms with van der Waals surface area (Å²) < 4.78 is 36.6. The lowest BCUT2D eigenvalue weighted by Crippen LogP contribution is -2.51. The number of rotatable bonds is 12. The normalized spacial score (nSPS) is 11.8. The van der Waals surface area contributed by atoms with Crippen LogP contribution in [0.15, 0.2) is 42.5 Å². The molecule has 2 aromatic carbocycles. The first-order valence-electron chi connectivity index (χ1n) is 10.9. The minimum Gasteiger partial charge on any atom is -0.497 e. The predicted molar refractivity (Wildman–Crippen MR) is 134 cm³/mol. The van der Waals surface area contributed by atoms with Gasteiger partial charge in [-0.3, -0.25) is 24.0 Å². The third kappa shape index (κ3) is 7.07. The van der Waals surface area contributed by atoms with Gasteiger partial charge in [-0.2, -0.15) is 0 Å². The molecule has 1 atom stereocenters. The Bertz CT molecular complexity index is 1220. The lowest BCUT2D eigenvalue weighted by Gasteiger charge is -2.31. The third-order valence-electron chi connectivity index (χ3n) is 5.33. The van der Waals surface area contributed by atoms with Gasteiger partial charge in [-0.25, -0.2) is 8.42 Å². The lowest BCUT2D eigenvalue weighted by molar-refractivity contribution is -0.384. The molecule has 0 saturated carbocycles. The molecule has 0 saturated heterocycles. The fourth-order valence-corrected chi connectivity index (χ4v) is 4.30. The van der Waals surface area contributed by atoms with E-state index >= 15 is 0 Å². The maximum atomic E-state index is 13.5. The molecule has 12 nitrogen and oxygen atoms in total. The topological polar surface area (TPSA) is 148 Å². The number of ether oxygens (including phenoxy) is 2. The van der Waals surface area contributed by atoms with E-state index in [1.807, 2.05) is 0 Å². The van der Waals surface area contributed by atoms with Crippen molar-refractivity contribution in [1.29, 1.82) is 0 Å². The number of hydrogen-bond donors (Lipinski definition) is 1. The minimum absolute atomic E-state index is 0.0159. The summed E-state index contributed by atoms with van der Waals surface area (Å²) in [5, 5.41) is 14.0. The van der Waals surface area contributed by atoms with Crippen molar-refractivity contribution < 1.29 is 32.4 Å².